The highest BCUT2D eigenvalue weighted by molar-refractivity contribution is 9.11. The largest absolute Gasteiger partial charge is 0.315 e. The maximum Gasteiger partial charge on any atom is 0.0701 e. The Hall–Kier alpha value is 0.100. The number of nitrogens with zero attached hydrogens (tertiary/aromatic N) is 1. The molecule has 0 fully saturated rings. The summed E-state index contributed by atoms with van der Waals surface area (Å²) in [6.07, 6.45) is 1.21. The Labute approximate surface area is 105 Å². The van der Waals surface area contributed by atoms with E-state index in [1.54, 1.807) is 11.3 Å². The second kappa shape index (κ2) is 7.39. The fourth-order valence-corrected chi connectivity index (χ4v) is 2.59. The minimum Gasteiger partial charge on any atom is -0.315 e. The van der Waals surface area contributed by atoms with Gasteiger partial charge < -0.3 is 10.2 Å². The van der Waals surface area contributed by atoms with Crippen molar-refractivity contribution in [3.05, 3.63) is 20.8 Å². The van der Waals surface area contributed by atoms with Crippen LogP contribution in [-0.4, -0.2) is 31.6 Å². The molecule has 1 heterocycles. The normalized spacial score (nSPS) is 11.2. The molecule has 0 radical (unpaired) electrons. The Balaban J connectivity index is 2.15. The second-order valence-electron chi connectivity index (χ2n) is 3.75. The summed E-state index contributed by atoms with van der Waals surface area (Å²) in [4.78, 5) is 2.34. The standard InChI is InChI=1S/C11H19BrN2S/c1-3-4-13-5-6-14(2)8-10-7-11(12)15-9-10/h7,9,13H,3-6,8H2,1-2H3. The van der Waals surface area contributed by atoms with E-state index in [4.69, 9.17) is 0 Å². The van der Waals surface area contributed by atoms with Gasteiger partial charge in [-0.1, -0.05) is 6.92 Å². The summed E-state index contributed by atoms with van der Waals surface area (Å²) >= 11 is 5.24. The molecule has 2 nitrogen and oxygen atoms in total. The van der Waals surface area contributed by atoms with Gasteiger partial charge in [-0.25, -0.2) is 0 Å². The van der Waals surface area contributed by atoms with E-state index >= 15 is 0 Å². The average Bonchev–Trinajstić information content (AvgIpc) is 2.59. The summed E-state index contributed by atoms with van der Waals surface area (Å²) in [5.74, 6) is 0. The van der Waals surface area contributed by atoms with Crippen molar-refractivity contribution in [2.24, 2.45) is 0 Å². The van der Waals surface area contributed by atoms with Gasteiger partial charge in [-0.3, -0.25) is 0 Å². The highest BCUT2D eigenvalue weighted by Crippen LogP contribution is 2.21. The minimum atomic E-state index is 1.04. The van der Waals surface area contributed by atoms with Crippen molar-refractivity contribution in [3.63, 3.8) is 0 Å². The van der Waals surface area contributed by atoms with Crippen LogP contribution < -0.4 is 5.32 Å². The van der Waals surface area contributed by atoms with Gasteiger partial charge in [0.1, 0.15) is 0 Å². The molecule has 0 aliphatic carbocycles. The van der Waals surface area contributed by atoms with E-state index < -0.39 is 0 Å². The van der Waals surface area contributed by atoms with Gasteiger partial charge in [0.15, 0.2) is 0 Å². The number of halogens is 1. The van der Waals surface area contributed by atoms with E-state index in [0.29, 0.717) is 0 Å². The lowest BCUT2D eigenvalue weighted by atomic mass is 10.3. The topological polar surface area (TPSA) is 15.3 Å². The molecule has 0 atom stereocenters. The third-order valence-corrected chi connectivity index (χ3v) is 3.72. The predicted molar refractivity (Wildman–Crippen MR) is 71.5 cm³/mol. The number of rotatable bonds is 7. The van der Waals surface area contributed by atoms with Crippen molar-refractivity contribution in [3.8, 4) is 0 Å². The summed E-state index contributed by atoms with van der Waals surface area (Å²) in [7, 11) is 2.17. The van der Waals surface area contributed by atoms with Gasteiger partial charge in [-0.05, 0) is 53.0 Å². The monoisotopic (exact) mass is 290 g/mol. The molecule has 0 aliphatic rings. The summed E-state index contributed by atoms with van der Waals surface area (Å²) < 4.78 is 1.22. The van der Waals surface area contributed by atoms with Gasteiger partial charge in [0.2, 0.25) is 0 Å². The third-order valence-electron chi connectivity index (χ3n) is 2.17. The molecule has 86 valence electrons. The lowest BCUT2D eigenvalue weighted by Gasteiger charge is -2.15. The molecule has 0 amide bonds. The molecule has 0 saturated heterocycles. The molecule has 1 rings (SSSR count). The summed E-state index contributed by atoms with van der Waals surface area (Å²) in [6, 6.07) is 2.20. The zero-order chi connectivity index (χ0) is 11.1. The molecule has 4 heteroatoms. The van der Waals surface area contributed by atoms with Crippen molar-refractivity contribution in [2.45, 2.75) is 19.9 Å². The zero-order valence-electron chi connectivity index (χ0n) is 9.42. The van der Waals surface area contributed by atoms with Crippen LogP contribution in [0.3, 0.4) is 0 Å². The number of hydrogen-bond donors (Lipinski definition) is 1. The fourth-order valence-electron chi connectivity index (χ4n) is 1.39. The number of thiophene rings is 1. The van der Waals surface area contributed by atoms with Crippen LogP contribution in [0.2, 0.25) is 0 Å². The van der Waals surface area contributed by atoms with E-state index in [2.05, 4.69) is 51.6 Å². The maximum atomic E-state index is 3.48. The number of likely N-dealkylation sites (N-methyl/N-ethyl adjacent to an activating group) is 1. The smallest absolute Gasteiger partial charge is 0.0701 e. The first-order valence-electron chi connectivity index (χ1n) is 5.34. The second-order valence-corrected chi connectivity index (χ2v) is 6.04. The molecule has 1 N–H and O–H groups in total. The fraction of sp³-hybridized carbons (Fsp3) is 0.636. The first-order chi connectivity index (χ1) is 7.22. The highest BCUT2D eigenvalue weighted by Gasteiger charge is 2.01. The molecule has 0 bridgehead atoms. The summed E-state index contributed by atoms with van der Waals surface area (Å²) in [5, 5.41) is 5.62. The maximum absolute atomic E-state index is 3.48. The summed E-state index contributed by atoms with van der Waals surface area (Å²) in [5.41, 5.74) is 1.39. The van der Waals surface area contributed by atoms with E-state index in [-0.39, 0.29) is 0 Å². The van der Waals surface area contributed by atoms with Crippen LogP contribution in [0.1, 0.15) is 18.9 Å². The lowest BCUT2D eigenvalue weighted by Crippen LogP contribution is -2.29. The van der Waals surface area contributed by atoms with Crippen LogP contribution in [0.25, 0.3) is 0 Å². The van der Waals surface area contributed by atoms with E-state index in [1.165, 1.54) is 15.8 Å². The minimum absolute atomic E-state index is 1.04. The molecule has 0 spiro atoms. The quantitative estimate of drug-likeness (QED) is 0.777. The van der Waals surface area contributed by atoms with E-state index in [1.807, 2.05) is 0 Å². The van der Waals surface area contributed by atoms with Gasteiger partial charge in [0.05, 0.1) is 3.79 Å². The van der Waals surface area contributed by atoms with E-state index in [9.17, 15) is 0 Å². The van der Waals surface area contributed by atoms with Gasteiger partial charge in [-0.2, -0.15) is 0 Å². The summed E-state index contributed by atoms with van der Waals surface area (Å²) in [6.45, 7) is 6.54. The molecule has 1 aromatic rings. The molecule has 0 aromatic carbocycles. The van der Waals surface area contributed by atoms with Gasteiger partial charge >= 0.3 is 0 Å². The average molecular weight is 291 g/mol. The van der Waals surface area contributed by atoms with E-state index in [0.717, 1.165) is 26.2 Å². The number of hydrogen-bond acceptors (Lipinski definition) is 3. The Morgan fingerprint density at radius 3 is 2.87 bits per heavy atom. The lowest BCUT2D eigenvalue weighted by molar-refractivity contribution is 0.325. The first-order valence-corrected chi connectivity index (χ1v) is 7.01. The Kier molecular flexibility index (Phi) is 6.48. The van der Waals surface area contributed by atoms with Crippen LogP contribution >= 0.6 is 27.3 Å². The predicted octanol–water partition coefficient (Wildman–Crippen LogP) is 2.94. The van der Waals surface area contributed by atoms with Gasteiger partial charge in [0, 0.05) is 19.6 Å². The molecular formula is C11H19BrN2S. The molecule has 0 saturated carbocycles. The van der Waals surface area contributed by atoms with Crippen molar-refractivity contribution in [1.82, 2.24) is 10.2 Å². The molecular weight excluding hydrogens is 272 g/mol. The van der Waals surface area contributed by atoms with Crippen LogP contribution in [-0.2, 0) is 6.54 Å². The van der Waals surface area contributed by atoms with Crippen LogP contribution in [0.15, 0.2) is 15.2 Å². The van der Waals surface area contributed by atoms with Crippen molar-refractivity contribution < 1.29 is 0 Å². The first kappa shape index (κ1) is 13.2. The SMILES string of the molecule is CCCNCCN(C)Cc1csc(Br)c1. The molecule has 1 aromatic heterocycles. The van der Waals surface area contributed by atoms with Crippen LogP contribution in [0.4, 0.5) is 0 Å². The zero-order valence-corrected chi connectivity index (χ0v) is 11.8. The molecule has 0 aliphatic heterocycles. The van der Waals surface area contributed by atoms with Crippen LogP contribution in [0, 0.1) is 0 Å². The van der Waals surface area contributed by atoms with Crippen molar-refractivity contribution in [1.29, 1.82) is 0 Å². The van der Waals surface area contributed by atoms with Gasteiger partial charge in [-0.15, -0.1) is 11.3 Å². The third kappa shape index (κ3) is 5.66. The van der Waals surface area contributed by atoms with Crippen molar-refractivity contribution >= 4 is 27.3 Å². The Morgan fingerprint density at radius 2 is 2.27 bits per heavy atom. The molecule has 0 unspecified atom stereocenters. The Morgan fingerprint density at radius 1 is 1.47 bits per heavy atom. The van der Waals surface area contributed by atoms with Gasteiger partial charge in [0.25, 0.3) is 0 Å². The number of nitrogens with one attached hydrogen (secondary N) is 1. The Bertz CT molecular complexity index is 275. The van der Waals surface area contributed by atoms with Crippen molar-refractivity contribution in [2.75, 3.05) is 26.7 Å². The van der Waals surface area contributed by atoms with Crippen LogP contribution in [0.5, 0.6) is 0 Å². The highest BCUT2D eigenvalue weighted by atomic mass is 79.9. The molecule has 15 heavy (non-hydrogen) atoms.